The molecule has 1 rings (SSSR count). The topological polar surface area (TPSA) is 33.7 Å². The van der Waals surface area contributed by atoms with E-state index in [1.54, 1.807) is 7.11 Å². The van der Waals surface area contributed by atoms with E-state index in [1.807, 2.05) is 19.1 Å². The number of nitrogens with zero attached hydrogens (tertiary/aromatic N) is 1. The van der Waals surface area contributed by atoms with E-state index < -0.39 is 0 Å². The predicted molar refractivity (Wildman–Crippen MR) is 86.7 cm³/mol. The van der Waals surface area contributed by atoms with Crippen molar-refractivity contribution < 1.29 is 9.47 Å². The number of hydrogen-bond acceptors (Lipinski definition) is 4. The Bertz CT molecular complexity index is 411. The van der Waals surface area contributed by atoms with Gasteiger partial charge in [0.2, 0.25) is 0 Å². The molecule has 4 nitrogen and oxygen atoms in total. The molecular formula is C15H25BrN2O2. The second-order valence-electron chi connectivity index (χ2n) is 4.82. The molecule has 0 amide bonds. The number of benzene rings is 1. The molecule has 0 aliphatic rings. The lowest BCUT2D eigenvalue weighted by Gasteiger charge is -2.16. The van der Waals surface area contributed by atoms with Gasteiger partial charge in [0.15, 0.2) is 11.5 Å². The van der Waals surface area contributed by atoms with Gasteiger partial charge in [0.05, 0.1) is 13.7 Å². The second kappa shape index (κ2) is 9.21. The lowest BCUT2D eigenvalue weighted by Crippen LogP contribution is -2.21. The van der Waals surface area contributed by atoms with Crippen LogP contribution in [-0.2, 0) is 6.54 Å². The van der Waals surface area contributed by atoms with Crippen LogP contribution < -0.4 is 14.8 Å². The van der Waals surface area contributed by atoms with Crippen LogP contribution in [0.5, 0.6) is 11.5 Å². The van der Waals surface area contributed by atoms with Gasteiger partial charge in [0.25, 0.3) is 0 Å². The summed E-state index contributed by atoms with van der Waals surface area (Å²) in [4.78, 5) is 2.19. The van der Waals surface area contributed by atoms with Crippen LogP contribution in [-0.4, -0.2) is 45.8 Å². The first-order valence-corrected chi connectivity index (χ1v) is 7.73. The van der Waals surface area contributed by atoms with Crippen molar-refractivity contribution >= 4 is 15.9 Å². The van der Waals surface area contributed by atoms with Crippen LogP contribution in [0, 0.1) is 0 Å². The van der Waals surface area contributed by atoms with Crippen LogP contribution in [0.3, 0.4) is 0 Å². The van der Waals surface area contributed by atoms with E-state index in [0.717, 1.165) is 47.6 Å². The molecule has 20 heavy (non-hydrogen) atoms. The Labute approximate surface area is 130 Å². The first-order valence-electron chi connectivity index (χ1n) is 6.93. The fourth-order valence-corrected chi connectivity index (χ4v) is 2.40. The lowest BCUT2D eigenvalue weighted by molar-refractivity contribution is 0.306. The van der Waals surface area contributed by atoms with Gasteiger partial charge in [-0.2, -0.15) is 0 Å². The Kier molecular flexibility index (Phi) is 7.95. The second-order valence-corrected chi connectivity index (χ2v) is 5.68. The summed E-state index contributed by atoms with van der Waals surface area (Å²) in [6.45, 7) is 5.44. The minimum absolute atomic E-state index is 0.625. The Morgan fingerprint density at radius 2 is 2.05 bits per heavy atom. The Morgan fingerprint density at radius 1 is 1.30 bits per heavy atom. The molecule has 0 aliphatic carbocycles. The highest BCUT2D eigenvalue weighted by atomic mass is 79.9. The Hall–Kier alpha value is -0.780. The molecule has 0 fully saturated rings. The zero-order valence-electron chi connectivity index (χ0n) is 12.8. The summed E-state index contributed by atoms with van der Waals surface area (Å²) in [6.07, 6.45) is 1.12. The third-order valence-electron chi connectivity index (χ3n) is 2.94. The van der Waals surface area contributed by atoms with E-state index in [9.17, 15) is 0 Å². The minimum atomic E-state index is 0.625. The summed E-state index contributed by atoms with van der Waals surface area (Å²) in [7, 11) is 5.84. The zero-order valence-corrected chi connectivity index (χ0v) is 14.4. The molecule has 0 heterocycles. The van der Waals surface area contributed by atoms with Crippen molar-refractivity contribution in [3.8, 4) is 11.5 Å². The molecule has 0 radical (unpaired) electrons. The first-order chi connectivity index (χ1) is 9.60. The van der Waals surface area contributed by atoms with E-state index in [4.69, 9.17) is 9.47 Å². The number of methoxy groups -OCH3 is 1. The van der Waals surface area contributed by atoms with Crippen molar-refractivity contribution in [2.24, 2.45) is 0 Å². The zero-order chi connectivity index (χ0) is 15.0. The van der Waals surface area contributed by atoms with E-state index in [1.165, 1.54) is 0 Å². The molecule has 1 aromatic rings. The average molecular weight is 345 g/mol. The molecule has 0 bridgehead atoms. The number of nitrogens with one attached hydrogen (secondary N) is 1. The van der Waals surface area contributed by atoms with Gasteiger partial charge < -0.3 is 19.7 Å². The van der Waals surface area contributed by atoms with Crippen LogP contribution >= 0.6 is 15.9 Å². The Morgan fingerprint density at radius 3 is 2.65 bits per heavy atom. The fourth-order valence-electron chi connectivity index (χ4n) is 1.94. The summed E-state index contributed by atoms with van der Waals surface area (Å²) in [5, 5.41) is 3.46. The van der Waals surface area contributed by atoms with Crippen LogP contribution in [0.1, 0.15) is 18.9 Å². The molecule has 1 aromatic carbocycles. The molecule has 0 aromatic heterocycles. The summed E-state index contributed by atoms with van der Waals surface area (Å²) in [6, 6.07) is 3.92. The van der Waals surface area contributed by atoms with Crippen molar-refractivity contribution in [1.29, 1.82) is 0 Å². The quantitative estimate of drug-likeness (QED) is 0.698. The van der Waals surface area contributed by atoms with Gasteiger partial charge in [-0.15, -0.1) is 0 Å². The van der Waals surface area contributed by atoms with E-state index in [2.05, 4.69) is 40.2 Å². The monoisotopic (exact) mass is 344 g/mol. The van der Waals surface area contributed by atoms with Crippen LogP contribution in [0.2, 0.25) is 0 Å². The number of halogens is 1. The standard InChI is InChI=1S/C15H25BrN2O2/c1-5-20-15-12(11-17-9-6-10-18(2)3)13(16)7-8-14(15)19-4/h7-8,17H,5-6,9-11H2,1-4H3. The molecule has 0 unspecified atom stereocenters. The first kappa shape index (κ1) is 17.3. The maximum absolute atomic E-state index is 5.73. The maximum atomic E-state index is 5.73. The van der Waals surface area contributed by atoms with Crippen LogP contribution in [0.25, 0.3) is 0 Å². The summed E-state index contributed by atoms with van der Waals surface area (Å²) >= 11 is 3.59. The van der Waals surface area contributed by atoms with Gasteiger partial charge >= 0.3 is 0 Å². The molecule has 114 valence electrons. The fraction of sp³-hybridized carbons (Fsp3) is 0.600. The Balaban J connectivity index is 2.67. The highest BCUT2D eigenvalue weighted by molar-refractivity contribution is 9.10. The number of hydrogen-bond donors (Lipinski definition) is 1. The molecule has 0 saturated heterocycles. The van der Waals surface area contributed by atoms with Gasteiger partial charge in [0, 0.05) is 16.6 Å². The molecule has 0 aliphatic heterocycles. The van der Waals surface area contributed by atoms with Gasteiger partial charge in [0.1, 0.15) is 0 Å². The summed E-state index contributed by atoms with van der Waals surface area (Å²) in [5.74, 6) is 1.60. The van der Waals surface area contributed by atoms with Crippen LogP contribution in [0.15, 0.2) is 16.6 Å². The van der Waals surface area contributed by atoms with Gasteiger partial charge in [-0.3, -0.25) is 0 Å². The number of rotatable bonds is 9. The largest absolute Gasteiger partial charge is 0.493 e. The van der Waals surface area contributed by atoms with E-state index in [-0.39, 0.29) is 0 Å². The predicted octanol–water partition coefficient (Wildman–Crippen LogP) is 2.90. The molecule has 5 heteroatoms. The average Bonchev–Trinajstić information content (AvgIpc) is 2.41. The maximum Gasteiger partial charge on any atom is 0.166 e. The van der Waals surface area contributed by atoms with Crippen molar-refractivity contribution in [3.05, 3.63) is 22.2 Å². The molecule has 0 saturated carbocycles. The molecule has 0 atom stereocenters. The van der Waals surface area contributed by atoms with Crippen molar-refractivity contribution in [3.63, 3.8) is 0 Å². The lowest BCUT2D eigenvalue weighted by atomic mass is 10.2. The van der Waals surface area contributed by atoms with Crippen molar-refractivity contribution in [1.82, 2.24) is 10.2 Å². The highest BCUT2D eigenvalue weighted by Gasteiger charge is 2.13. The smallest absolute Gasteiger partial charge is 0.166 e. The van der Waals surface area contributed by atoms with Gasteiger partial charge in [-0.25, -0.2) is 0 Å². The minimum Gasteiger partial charge on any atom is -0.493 e. The normalized spacial score (nSPS) is 10.9. The van der Waals surface area contributed by atoms with Crippen molar-refractivity contribution in [2.75, 3.05) is 40.9 Å². The SMILES string of the molecule is CCOc1c(OC)ccc(Br)c1CNCCCN(C)C. The molecule has 0 spiro atoms. The highest BCUT2D eigenvalue weighted by Crippen LogP contribution is 2.36. The van der Waals surface area contributed by atoms with Crippen LogP contribution in [0.4, 0.5) is 0 Å². The van der Waals surface area contributed by atoms with Crippen molar-refractivity contribution in [2.45, 2.75) is 19.9 Å². The molecular weight excluding hydrogens is 320 g/mol. The number of ether oxygens (including phenoxy) is 2. The summed E-state index contributed by atoms with van der Waals surface area (Å²) < 4.78 is 12.1. The summed E-state index contributed by atoms with van der Waals surface area (Å²) in [5.41, 5.74) is 1.11. The third kappa shape index (κ3) is 5.31. The third-order valence-corrected chi connectivity index (χ3v) is 3.68. The van der Waals surface area contributed by atoms with E-state index >= 15 is 0 Å². The molecule has 1 N–H and O–H groups in total. The van der Waals surface area contributed by atoms with E-state index in [0.29, 0.717) is 6.61 Å². The van der Waals surface area contributed by atoms with Gasteiger partial charge in [-0.05, 0) is 52.7 Å². The van der Waals surface area contributed by atoms with Gasteiger partial charge in [-0.1, -0.05) is 15.9 Å².